The predicted octanol–water partition coefficient (Wildman–Crippen LogP) is 2.62. The van der Waals surface area contributed by atoms with E-state index in [2.05, 4.69) is 17.3 Å². The first-order chi connectivity index (χ1) is 9.63. The summed E-state index contributed by atoms with van der Waals surface area (Å²) in [5, 5.41) is 10.9. The number of nitrogen functional groups attached to an aromatic ring is 1. The van der Waals surface area contributed by atoms with Crippen LogP contribution >= 0.6 is 0 Å². The first-order valence-corrected chi connectivity index (χ1v) is 6.93. The predicted molar refractivity (Wildman–Crippen MR) is 75.4 cm³/mol. The van der Waals surface area contributed by atoms with Gasteiger partial charge in [0.05, 0.1) is 17.1 Å². The van der Waals surface area contributed by atoms with Crippen molar-refractivity contribution in [3.63, 3.8) is 0 Å². The molecule has 1 aliphatic rings. The molecule has 0 aromatic carbocycles. The fourth-order valence-corrected chi connectivity index (χ4v) is 2.68. The Morgan fingerprint density at radius 2 is 2.25 bits per heavy atom. The summed E-state index contributed by atoms with van der Waals surface area (Å²) in [4.78, 5) is 14.5. The average molecular weight is 280 g/mol. The Labute approximate surface area is 117 Å². The van der Waals surface area contributed by atoms with Gasteiger partial charge in [0.25, 0.3) is 5.69 Å². The van der Waals surface area contributed by atoms with Crippen molar-refractivity contribution < 1.29 is 9.66 Å². The van der Waals surface area contributed by atoms with Gasteiger partial charge in [-0.1, -0.05) is 13.3 Å². The Hall–Kier alpha value is -1.89. The van der Waals surface area contributed by atoms with Crippen LogP contribution in [-0.4, -0.2) is 16.0 Å². The standard InChI is InChI=1S/C13H20N4O3/c1-2-9-5-3-4-6-11(9)20-13-8-10(17(18)19)7-12(15-13)16-14/h7-9,11H,2-6,14H2,1H3,(H,15,16). The van der Waals surface area contributed by atoms with E-state index in [0.717, 1.165) is 25.7 Å². The van der Waals surface area contributed by atoms with Gasteiger partial charge in [-0.2, -0.15) is 4.98 Å². The third-order valence-electron chi connectivity index (χ3n) is 3.78. The van der Waals surface area contributed by atoms with Crippen molar-refractivity contribution in [2.24, 2.45) is 11.8 Å². The van der Waals surface area contributed by atoms with Gasteiger partial charge in [0, 0.05) is 0 Å². The molecule has 0 radical (unpaired) electrons. The summed E-state index contributed by atoms with van der Waals surface area (Å²) in [6.45, 7) is 2.14. The molecule has 110 valence electrons. The monoisotopic (exact) mass is 280 g/mol. The molecular formula is C13H20N4O3. The Morgan fingerprint density at radius 1 is 1.50 bits per heavy atom. The van der Waals surface area contributed by atoms with Crippen molar-refractivity contribution in [2.75, 3.05) is 5.43 Å². The minimum absolute atomic E-state index is 0.0770. The van der Waals surface area contributed by atoms with E-state index in [4.69, 9.17) is 10.6 Å². The molecular weight excluding hydrogens is 260 g/mol. The van der Waals surface area contributed by atoms with Crippen molar-refractivity contribution in [1.29, 1.82) is 0 Å². The summed E-state index contributed by atoms with van der Waals surface area (Å²) in [6, 6.07) is 2.63. The van der Waals surface area contributed by atoms with Crippen LogP contribution in [0.5, 0.6) is 5.88 Å². The van der Waals surface area contributed by atoms with Crippen molar-refractivity contribution in [1.82, 2.24) is 4.98 Å². The quantitative estimate of drug-likeness (QED) is 0.488. The number of hydrogen-bond donors (Lipinski definition) is 2. The third-order valence-corrected chi connectivity index (χ3v) is 3.78. The first kappa shape index (κ1) is 14.5. The van der Waals surface area contributed by atoms with Crippen LogP contribution in [0.3, 0.4) is 0 Å². The highest BCUT2D eigenvalue weighted by atomic mass is 16.6. The molecule has 3 N–H and O–H groups in total. The summed E-state index contributed by atoms with van der Waals surface area (Å²) >= 11 is 0. The minimum atomic E-state index is -0.479. The van der Waals surface area contributed by atoms with E-state index in [1.54, 1.807) is 0 Å². The highest BCUT2D eigenvalue weighted by Gasteiger charge is 2.26. The second-order valence-electron chi connectivity index (χ2n) is 5.06. The van der Waals surface area contributed by atoms with Gasteiger partial charge in [0.1, 0.15) is 6.10 Å². The summed E-state index contributed by atoms with van der Waals surface area (Å²) in [5.74, 6) is 6.26. The SMILES string of the molecule is CCC1CCCCC1Oc1cc([N+](=O)[O-])cc(NN)n1. The Kier molecular flexibility index (Phi) is 4.73. The zero-order chi connectivity index (χ0) is 14.5. The lowest BCUT2D eigenvalue weighted by Crippen LogP contribution is -2.30. The molecule has 0 amide bonds. The lowest BCUT2D eigenvalue weighted by molar-refractivity contribution is -0.384. The molecule has 2 rings (SSSR count). The molecule has 0 spiro atoms. The number of anilines is 1. The number of ether oxygens (including phenoxy) is 1. The summed E-state index contributed by atoms with van der Waals surface area (Å²) in [6.07, 6.45) is 5.57. The Morgan fingerprint density at radius 3 is 2.90 bits per heavy atom. The molecule has 1 heterocycles. The zero-order valence-electron chi connectivity index (χ0n) is 11.5. The molecule has 2 unspecified atom stereocenters. The lowest BCUT2D eigenvalue weighted by atomic mass is 9.85. The molecule has 1 aromatic heterocycles. The van der Waals surface area contributed by atoms with Crippen molar-refractivity contribution in [3.05, 3.63) is 22.2 Å². The number of hydrazine groups is 1. The maximum Gasteiger partial charge on any atom is 0.278 e. The average Bonchev–Trinajstić information content (AvgIpc) is 2.47. The van der Waals surface area contributed by atoms with Crippen LogP contribution in [-0.2, 0) is 0 Å². The molecule has 1 aliphatic carbocycles. The van der Waals surface area contributed by atoms with Crippen LogP contribution in [0.25, 0.3) is 0 Å². The topological polar surface area (TPSA) is 103 Å². The molecule has 1 aromatic rings. The smallest absolute Gasteiger partial charge is 0.278 e. The van der Waals surface area contributed by atoms with Gasteiger partial charge < -0.3 is 10.2 Å². The van der Waals surface area contributed by atoms with Gasteiger partial charge in [-0.15, -0.1) is 0 Å². The molecule has 0 aliphatic heterocycles. The maximum atomic E-state index is 10.9. The molecule has 1 fully saturated rings. The second kappa shape index (κ2) is 6.51. The summed E-state index contributed by atoms with van der Waals surface area (Å²) < 4.78 is 5.88. The van der Waals surface area contributed by atoms with Crippen LogP contribution < -0.4 is 16.0 Å². The fraction of sp³-hybridized carbons (Fsp3) is 0.615. The number of nitrogens with two attached hydrogens (primary N) is 1. The lowest BCUT2D eigenvalue weighted by Gasteiger charge is -2.30. The Bertz CT molecular complexity index is 481. The minimum Gasteiger partial charge on any atom is -0.474 e. The highest BCUT2D eigenvalue weighted by molar-refractivity contribution is 5.47. The molecule has 2 atom stereocenters. The summed E-state index contributed by atoms with van der Waals surface area (Å²) in [7, 11) is 0. The largest absolute Gasteiger partial charge is 0.474 e. The molecule has 0 bridgehead atoms. The number of rotatable bonds is 5. The normalized spacial score (nSPS) is 22.3. The van der Waals surface area contributed by atoms with Crippen molar-refractivity contribution in [2.45, 2.75) is 45.1 Å². The van der Waals surface area contributed by atoms with Gasteiger partial charge in [0.2, 0.25) is 5.88 Å². The van der Waals surface area contributed by atoms with Crippen LogP contribution in [0.15, 0.2) is 12.1 Å². The number of nitro groups is 1. The van der Waals surface area contributed by atoms with Crippen LogP contribution in [0.2, 0.25) is 0 Å². The number of nitrogens with zero attached hydrogens (tertiary/aromatic N) is 2. The number of pyridine rings is 1. The maximum absolute atomic E-state index is 10.9. The molecule has 20 heavy (non-hydrogen) atoms. The van der Waals surface area contributed by atoms with E-state index in [0.29, 0.717) is 5.92 Å². The first-order valence-electron chi connectivity index (χ1n) is 6.93. The van der Waals surface area contributed by atoms with E-state index in [1.807, 2.05) is 0 Å². The zero-order valence-corrected chi connectivity index (χ0v) is 11.5. The van der Waals surface area contributed by atoms with Gasteiger partial charge in [0.15, 0.2) is 5.82 Å². The molecule has 7 heteroatoms. The second-order valence-corrected chi connectivity index (χ2v) is 5.06. The van der Waals surface area contributed by atoms with Gasteiger partial charge in [-0.25, -0.2) is 5.84 Å². The van der Waals surface area contributed by atoms with Crippen LogP contribution in [0.1, 0.15) is 39.0 Å². The van der Waals surface area contributed by atoms with Crippen LogP contribution in [0.4, 0.5) is 11.5 Å². The molecule has 0 saturated heterocycles. The molecule has 1 saturated carbocycles. The summed E-state index contributed by atoms with van der Waals surface area (Å²) in [5.41, 5.74) is 2.25. The van der Waals surface area contributed by atoms with E-state index < -0.39 is 4.92 Å². The van der Waals surface area contributed by atoms with E-state index in [-0.39, 0.29) is 23.5 Å². The third kappa shape index (κ3) is 3.36. The number of hydrogen-bond acceptors (Lipinski definition) is 6. The van der Waals surface area contributed by atoms with E-state index in [9.17, 15) is 10.1 Å². The number of aromatic nitrogens is 1. The van der Waals surface area contributed by atoms with E-state index in [1.165, 1.54) is 18.6 Å². The van der Waals surface area contributed by atoms with Gasteiger partial charge >= 0.3 is 0 Å². The van der Waals surface area contributed by atoms with Crippen molar-refractivity contribution in [3.8, 4) is 5.88 Å². The highest BCUT2D eigenvalue weighted by Crippen LogP contribution is 2.31. The molecule has 7 nitrogen and oxygen atoms in total. The van der Waals surface area contributed by atoms with Gasteiger partial charge in [-0.05, 0) is 31.6 Å². The fourth-order valence-electron chi connectivity index (χ4n) is 2.68. The van der Waals surface area contributed by atoms with E-state index >= 15 is 0 Å². The number of nitrogens with one attached hydrogen (secondary N) is 1. The van der Waals surface area contributed by atoms with Crippen LogP contribution in [0, 0.1) is 16.0 Å². The van der Waals surface area contributed by atoms with Crippen molar-refractivity contribution >= 4 is 11.5 Å². The Balaban J connectivity index is 2.18. The van der Waals surface area contributed by atoms with Gasteiger partial charge in [-0.3, -0.25) is 10.1 Å².